The van der Waals surface area contributed by atoms with E-state index in [9.17, 15) is 4.79 Å². The first kappa shape index (κ1) is 18.4. The van der Waals surface area contributed by atoms with Crippen LogP contribution in [0.25, 0.3) is 22.0 Å². The van der Waals surface area contributed by atoms with Crippen LogP contribution in [-0.4, -0.2) is 15.9 Å². The first-order chi connectivity index (χ1) is 13.6. The van der Waals surface area contributed by atoms with Crippen molar-refractivity contribution in [3.63, 3.8) is 0 Å². The predicted octanol–water partition coefficient (Wildman–Crippen LogP) is 5.36. The summed E-state index contributed by atoms with van der Waals surface area (Å²) in [7, 11) is 0. The van der Waals surface area contributed by atoms with Gasteiger partial charge >= 0.3 is 0 Å². The van der Waals surface area contributed by atoms with E-state index in [4.69, 9.17) is 16.0 Å². The Kier molecular flexibility index (Phi) is 5.23. The van der Waals surface area contributed by atoms with Crippen molar-refractivity contribution in [1.29, 1.82) is 0 Å². The van der Waals surface area contributed by atoms with Crippen LogP contribution in [0.1, 0.15) is 21.1 Å². The van der Waals surface area contributed by atoms with Crippen LogP contribution in [0, 0.1) is 6.92 Å². The number of halogens is 1. The molecule has 0 aliphatic heterocycles. The Balaban J connectivity index is 1.44. The standard InChI is InChI=1S/C21H16ClN3O2S/c1-13-19(28-21(25-13)17-4-2-3-11-23-17)20(26)24-12-16-9-10-18(27-16)14-5-7-15(22)8-6-14/h2-11H,12H2,1H3,(H,24,26). The average Bonchev–Trinajstić information content (AvgIpc) is 3.34. The van der Waals surface area contributed by atoms with Crippen LogP contribution >= 0.6 is 22.9 Å². The Labute approximate surface area is 171 Å². The minimum atomic E-state index is -0.179. The highest BCUT2D eigenvalue weighted by molar-refractivity contribution is 7.17. The lowest BCUT2D eigenvalue weighted by Gasteiger charge is -2.02. The largest absolute Gasteiger partial charge is 0.459 e. The summed E-state index contributed by atoms with van der Waals surface area (Å²) in [4.78, 5) is 21.9. The molecule has 140 valence electrons. The number of nitrogens with zero attached hydrogens (tertiary/aromatic N) is 2. The van der Waals surface area contributed by atoms with Gasteiger partial charge in [0.1, 0.15) is 21.4 Å². The minimum absolute atomic E-state index is 0.179. The lowest BCUT2D eigenvalue weighted by atomic mass is 10.2. The normalized spacial score (nSPS) is 10.8. The molecule has 1 N–H and O–H groups in total. The van der Waals surface area contributed by atoms with Crippen molar-refractivity contribution in [1.82, 2.24) is 15.3 Å². The minimum Gasteiger partial charge on any atom is -0.459 e. The van der Waals surface area contributed by atoms with E-state index in [1.165, 1.54) is 11.3 Å². The van der Waals surface area contributed by atoms with Crippen LogP contribution < -0.4 is 5.32 Å². The maximum atomic E-state index is 12.6. The highest BCUT2D eigenvalue weighted by atomic mass is 35.5. The number of rotatable bonds is 5. The fraction of sp³-hybridized carbons (Fsp3) is 0.0952. The van der Waals surface area contributed by atoms with Crippen LogP contribution in [-0.2, 0) is 6.54 Å². The zero-order valence-corrected chi connectivity index (χ0v) is 16.6. The molecule has 0 unspecified atom stereocenters. The molecule has 0 spiro atoms. The van der Waals surface area contributed by atoms with Crippen molar-refractivity contribution in [3.8, 4) is 22.0 Å². The fourth-order valence-corrected chi connectivity index (χ4v) is 3.78. The van der Waals surface area contributed by atoms with E-state index < -0.39 is 0 Å². The van der Waals surface area contributed by atoms with E-state index >= 15 is 0 Å². The Morgan fingerprint density at radius 1 is 1.14 bits per heavy atom. The van der Waals surface area contributed by atoms with Gasteiger partial charge in [-0.1, -0.05) is 17.7 Å². The number of hydrogen-bond donors (Lipinski definition) is 1. The summed E-state index contributed by atoms with van der Waals surface area (Å²) in [6, 6.07) is 16.8. The molecule has 1 aromatic carbocycles. The van der Waals surface area contributed by atoms with E-state index in [0.29, 0.717) is 27.9 Å². The Hall–Kier alpha value is -2.96. The summed E-state index contributed by atoms with van der Waals surface area (Å²) in [5.41, 5.74) is 2.37. The molecule has 4 aromatic rings. The molecular formula is C21H16ClN3O2S. The van der Waals surface area contributed by atoms with Crippen molar-refractivity contribution < 1.29 is 9.21 Å². The van der Waals surface area contributed by atoms with Crippen LogP contribution in [0.2, 0.25) is 5.02 Å². The first-order valence-electron chi connectivity index (χ1n) is 8.62. The van der Waals surface area contributed by atoms with Gasteiger partial charge in [0.25, 0.3) is 5.91 Å². The number of carbonyl (C=O) groups is 1. The first-order valence-corrected chi connectivity index (χ1v) is 9.81. The molecule has 0 aliphatic carbocycles. The number of thiazole rings is 1. The third kappa shape index (κ3) is 3.98. The van der Waals surface area contributed by atoms with E-state index in [2.05, 4.69) is 15.3 Å². The molecular weight excluding hydrogens is 394 g/mol. The molecule has 0 fully saturated rings. The SMILES string of the molecule is Cc1nc(-c2ccccn2)sc1C(=O)NCc1ccc(-c2ccc(Cl)cc2)o1. The second-order valence-corrected chi connectivity index (χ2v) is 7.54. The zero-order chi connectivity index (χ0) is 19.5. The number of aryl methyl sites for hydroxylation is 1. The van der Waals surface area contributed by atoms with Crippen molar-refractivity contribution in [2.45, 2.75) is 13.5 Å². The van der Waals surface area contributed by atoms with Gasteiger partial charge in [-0.05, 0) is 55.5 Å². The van der Waals surface area contributed by atoms with E-state index in [1.807, 2.05) is 61.5 Å². The predicted molar refractivity (Wildman–Crippen MR) is 110 cm³/mol. The van der Waals surface area contributed by atoms with Crippen LogP contribution in [0.4, 0.5) is 0 Å². The molecule has 4 rings (SSSR count). The van der Waals surface area contributed by atoms with Gasteiger partial charge in [0.05, 0.1) is 17.9 Å². The van der Waals surface area contributed by atoms with Gasteiger partial charge in [-0.3, -0.25) is 9.78 Å². The monoisotopic (exact) mass is 409 g/mol. The zero-order valence-electron chi connectivity index (χ0n) is 15.0. The van der Waals surface area contributed by atoms with Crippen LogP contribution in [0.5, 0.6) is 0 Å². The summed E-state index contributed by atoms with van der Waals surface area (Å²) in [6.45, 7) is 2.12. The van der Waals surface area contributed by atoms with Gasteiger partial charge < -0.3 is 9.73 Å². The molecule has 0 saturated carbocycles. The van der Waals surface area contributed by atoms with Crippen molar-refractivity contribution in [2.24, 2.45) is 0 Å². The molecule has 7 heteroatoms. The van der Waals surface area contributed by atoms with E-state index in [-0.39, 0.29) is 5.91 Å². The molecule has 5 nitrogen and oxygen atoms in total. The molecule has 0 bridgehead atoms. The molecule has 3 aromatic heterocycles. The Bertz CT molecular complexity index is 1100. The summed E-state index contributed by atoms with van der Waals surface area (Å²) in [5, 5.41) is 4.29. The number of hydrogen-bond acceptors (Lipinski definition) is 5. The van der Waals surface area contributed by atoms with Crippen LogP contribution in [0.3, 0.4) is 0 Å². The maximum Gasteiger partial charge on any atom is 0.263 e. The van der Waals surface area contributed by atoms with Crippen molar-refractivity contribution >= 4 is 28.8 Å². The Morgan fingerprint density at radius 3 is 2.71 bits per heavy atom. The maximum absolute atomic E-state index is 12.6. The summed E-state index contributed by atoms with van der Waals surface area (Å²) in [5.74, 6) is 1.22. The lowest BCUT2D eigenvalue weighted by molar-refractivity contribution is 0.0951. The summed E-state index contributed by atoms with van der Waals surface area (Å²) in [6.07, 6.45) is 1.71. The fourth-order valence-electron chi connectivity index (χ4n) is 2.70. The second kappa shape index (κ2) is 7.96. The third-order valence-corrected chi connectivity index (χ3v) is 5.53. The van der Waals surface area contributed by atoms with E-state index in [0.717, 1.165) is 22.0 Å². The summed E-state index contributed by atoms with van der Waals surface area (Å²) < 4.78 is 5.82. The molecule has 0 radical (unpaired) electrons. The quantitative estimate of drug-likeness (QED) is 0.482. The molecule has 1 amide bonds. The van der Waals surface area contributed by atoms with Gasteiger partial charge in [-0.25, -0.2) is 4.98 Å². The number of pyridine rings is 1. The highest BCUT2D eigenvalue weighted by Crippen LogP contribution is 2.27. The second-order valence-electron chi connectivity index (χ2n) is 6.10. The highest BCUT2D eigenvalue weighted by Gasteiger charge is 2.17. The van der Waals surface area contributed by atoms with Gasteiger partial charge in [0.2, 0.25) is 0 Å². The van der Waals surface area contributed by atoms with Crippen LogP contribution in [0.15, 0.2) is 65.2 Å². The Morgan fingerprint density at radius 2 is 1.96 bits per heavy atom. The number of nitrogens with one attached hydrogen (secondary N) is 1. The number of amides is 1. The van der Waals surface area contributed by atoms with Crippen molar-refractivity contribution in [2.75, 3.05) is 0 Å². The molecule has 0 aliphatic rings. The van der Waals surface area contributed by atoms with E-state index in [1.54, 1.807) is 6.20 Å². The number of furan rings is 1. The topological polar surface area (TPSA) is 68.0 Å². The number of carbonyl (C=O) groups excluding carboxylic acids is 1. The van der Waals surface area contributed by atoms with Gasteiger partial charge in [0, 0.05) is 16.8 Å². The lowest BCUT2D eigenvalue weighted by Crippen LogP contribution is -2.22. The number of aromatic nitrogens is 2. The molecule has 0 atom stereocenters. The molecule has 28 heavy (non-hydrogen) atoms. The van der Waals surface area contributed by atoms with Gasteiger partial charge in [-0.15, -0.1) is 11.3 Å². The number of benzene rings is 1. The summed E-state index contributed by atoms with van der Waals surface area (Å²) >= 11 is 7.25. The average molecular weight is 410 g/mol. The van der Waals surface area contributed by atoms with Gasteiger partial charge in [0.15, 0.2) is 0 Å². The molecule has 0 saturated heterocycles. The van der Waals surface area contributed by atoms with Gasteiger partial charge in [-0.2, -0.15) is 0 Å². The third-order valence-electron chi connectivity index (χ3n) is 4.10. The molecule has 3 heterocycles. The smallest absolute Gasteiger partial charge is 0.263 e. The van der Waals surface area contributed by atoms with Crippen molar-refractivity contribution in [3.05, 3.63) is 82.1 Å².